The third kappa shape index (κ3) is 11.1. The Hall–Kier alpha value is -6.20. The molecule has 4 fully saturated rings. The van der Waals surface area contributed by atoms with E-state index in [0.29, 0.717) is 43.8 Å². The number of nitrogens with zero attached hydrogens (tertiary/aromatic N) is 6. The number of hydrogen-bond donors (Lipinski definition) is 4. The molecule has 4 aliphatic rings. The van der Waals surface area contributed by atoms with Gasteiger partial charge in [0, 0.05) is 74.9 Å². The lowest BCUT2D eigenvalue weighted by molar-refractivity contribution is -0.156. The standard InChI is InChI=1S/C51H59F2N8O12PS/c1-51(2,3)44(55-47(65)39-25-32-38(75-39)14-11-31(42(32)52)45(53)74(69,70)71)49(67)60-17-16-36(43(60)48(66)59-22-23-72-37(27-59)30-8-6-5-7-9-30)73-28-41(63)58-20-18-57(19-21-58)26-29-10-12-33-35(24-29)56(4)50(68)61(33)34-13-15-40(62)54-46(34)64/h5-12,14,24-25,34,36-37,43-45H,13,15-23,26-28H2,1-4H3,(H,55,65)(H,54,62,64)(H2,69,70,71)/t34?,36-,37+,43+,44-,45-/m1/s1. The summed E-state index contributed by atoms with van der Waals surface area (Å²) in [5.74, 6) is -7.11. The predicted octanol–water partition coefficient (Wildman–Crippen LogP) is 3.89. The lowest BCUT2D eigenvalue weighted by Gasteiger charge is -2.39. The number of rotatable bonds is 13. The van der Waals surface area contributed by atoms with Gasteiger partial charge in [-0.15, -0.1) is 11.3 Å². The summed E-state index contributed by atoms with van der Waals surface area (Å²) in [6.45, 7) is 7.82. The van der Waals surface area contributed by atoms with Gasteiger partial charge in [-0.05, 0) is 53.6 Å². The highest BCUT2D eigenvalue weighted by Gasteiger charge is 2.49. The number of piperazine rings is 1. The van der Waals surface area contributed by atoms with Crippen molar-refractivity contribution in [1.82, 2.24) is 39.4 Å². The Morgan fingerprint density at radius 3 is 2.36 bits per heavy atom. The highest BCUT2D eigenvalue weighted by molar-refractivity contribution is 7.51. The third-order valence-electron chi connectivity index (χ3n) is 14.5. The molecule has 9 rings (SSSR count). The molecule has 1 unspecified atom stereocenters. The van der Waals surface area contributed by atoms with Gasteiger partial charge in [0.1, 0.15) is 36.7 Å². The minimum absolute atomic E-state index is 0.0458. The molecule has 6 atom stereocenters. The maximum atomic E-state index is 15.5. The first-order valence-corrected chi connectivity index (χ1v) is 27.2. The Morgan fingerprint density at radius 1 is 0.933 bits per heavy atom. The van der Waals surface area contributed by atoms with Crippen LogP contribution in [0.25, 0.3) is 21.1 Å². The quantitative estimate of drug-likeness (QED) is 0.0968. The van der Waals surface area contributed by atoms with E-state index in [1.165, 1.54) is 20.1 Å². The molecule has 4 N–H and O–H groups in total. The summed E-state index contributed by atoms with van der Waals surface area (Å²) < 4.78 is 57.3. The molecule has 2 aromatic heterocycles. The number of aryl methyl sites for hydroxylation is 1. The zero-order chi connectivity index (χ0) is 53.7. The number of thiophene rings is 1. The number of morpholine rings is 1. The van der Waals surface area contributed by atoms with Gasteiger partial charge in [0.15, 0.2) is 0 Å². The van der Waals surface area contributed by atoms with E-state index in [1.54, 1.807) is 43.7 Å². The number of fused-ring (bicyclic) bond motifs is 2. The Labute approximate surface area is 433 Å². The molecule has 20 nitrogen and oxygen atoms in total. The van der Waals surface area contributed by atoms with Crippen LogP contribution in [0.4, 0.5) is 8.78 Å². The molecular weight excluding hydrogens is 1020 g/mol. The molecule has 6 heterocycles. The Balaban J connectivity index is 0.881. The number of imide groups is 1. The van der Waals surface area contributed by atoms with Crippen molar-refractivity contribution < 1.29 is 61.4 Å². The largest absolute Gasteiger partial charge is 0.370 e. The molecule has 400 valence electrons. The molecule has 0 radical (unpaired) electrons. The van der Waals surface area contributed by atoms with Crippen LogP contribution in [0.2, 0.25) is 0 Å². The molecule has 24 heteroatoms. The summed E-state index contributed by atoms with van der Waals surface area (Å²) in [6, 6.07) is 15.1. The first kappa shape index (κ1) is 53.6. The summed E-state index contributed by atoms with van der Waals surface area (Å²) in [5, 5.41) is 4.88. The number of benzene rings is 3. The number of amides is 6. The average molecular weight is 1080 g/mol. The zero-order valence-electron chi connectivity index (χ0n) is 41.8. The molecule has 0 saturated carbocycles. The smallest absolute Gasteiger partial charge is 0.364 e. The molecule has 3 aromatic carbocycles. The van der Waals surface area contributed by atoms with Crippen LogP contribution in [-0.4, -0.2) is 151 Å². The molecular formula is C51H59F2N8O12PS. The Bertz CT molecular complexity index is 3170. The molecule has 0 aliphatic carbocycles. The van der Waals surface area contributed by atoms with E-state index >= 15 is 4.39 Å². The fourth-order valence-corrected chi connectivity index (χ4v) is 11.9. The number of carbonyl (C=O) groups excluding carboxylic acids is 6. The van der Waals surface area contributed by atoms with Gasteiger partial charge >= 0.3 is 13.3 Å². The van der Waals surface area contributed by atoms with Gasteiger partial charge in [-0.25, -0.2) is 13.6 Å². The van der Waals surface area contributed by atoms with Crippen molar-refractivity contribution in [2.45, 2.75) is 82.8 Å². The molecule has 5 aromatic rings. The number of piperidine rings is 1. The summed E-state index contributed by atoms with van der Waals surface area (Å²) in [6.07, 6.45) is -0.809. The fraction of sp³-hybridized carbons (Fsp3) is 0.471. The van der Waals surface area contributed by atoms with E-state index in [4.69, 9.17) is 9.47 Å². The van der Waals surface area contributed by atoms with Gasteiger partial charge in [0.2, 0.25) is 35.4 Å². The van der Waals surface area contributed by atoms with Gasteiger partial charge in [0.05, 0.1) is 35.2 Å². The van der Waals surface area contributed by atoms with Crippen molar-refractivity contribution in [3.8, 4) is 0 Å². The first-order valence-electron chi connectivity index (χ1n) is 24.7. The van der Waals surface area contributed by atoms with Gasteiger partial charge in [-0.2, -0.15) is 0 Å². The summed E-state index contributed by atoms with van der Waals surface area (Å²) in [7, 11) is -3.71. The van der Waals surface area contributed by atoms with Crippen molar-refractivity contribution >= 4 is 75.5 Å². The lowest BCUT2D eigenvalue weighted by atomic mass is 9.85. The minimum Gasteiger partial charge on any atom is -0.370 e. The average Bonchev–Trinajstić information content (AvgIpc) is 4.09. The van der Waals surface area contributed by atoms with Crippen molar-refractivity contribution in [3.63, 3.8) is 0 Å². The normalized spacial score (nSPS) is 21.9. The van der Waals surface area contributed by atoms with Gasteiger partial charge in [-0.3, -0.25) is 52.7 Å². The lowest BCUT2D eigenvalue weighted by Crippen LogP contribution is -2.60. The molecule has 6 amide bonds. The molecule has 4 saturated heterocycles. The van der Waals surface area contributed by atoms with Crippen LogP contribution in [0.1, 0.15) is 84.5 Å². The maximum absolute atomic E-state index is 15.5. The van der Waals surface area contributed by atoms with E-state index in [2.05, 4.69) is 15.5 Å². The second-order valence-corrected chi connectivity index (χ2v) is 23.2. The van der Waals surface area contributed by atoms with E-state index in [-0.39, 0.29) is 84.6 Å². The topological polar surface area (TPSA) is 242 Å². The number of ether oxygens (including phenoxy) is 2. The van der Waals surface area contributed by atoms with Crippen molar-refractivity contribution in [1.29, 1.82) is 0 Å². The number of nitrogens with one attached hydrogen (secondary N) is 2. The second-order valence-electron chi connectivity index (χ2n) is 20.5. The van der Waals surface area contributed by atoms with E-state index in [0.717, 1.165) is 34.6 Å². The summed E-state index contributed by atoms with van der Waals surface area (Å²) >= 11 is 0.841. The van der Waals surface area contributed by atoms with Crippen LogP contribution in [0, 0.1) is 11.2 Å². The van der Waals surface area contributed by atoms with Crippen LogP contribution >= 0.6 is 18.9 Å². The third-order valence-corrected chi connectivity index (χ3v) is 16.5. The number of alkyl halides is 1. The molecule has 0 bridgehead atoms. The zero-order valence-corrected chi connectivity index (χ0v) is 43.5. The van der Waals surface area contributed by atoms with Crippen LogP contribution in [0.5, 0.6) is 0 Å². The number of halogens is 2. The van der Waals surface area contributed by atoms with Crippen molar-refractivity contribution in [2.24, 2.45) is 12.5 Å². The van der Waals surface area contributed by atoms with Crippen molar-refractivity contribution in [3.05, 3.63) is 105 Å². The molecule has 4 aliphatic heterocycles. The fourth-order valence-electron chi connectivity index (χ4n) is 10.4. The molecule has 75 heavy (non-hydrogen) atoms. The number of likely N-dealkylation sites (tertiary alicyclic amines) is 1. The maximum Gasteiger partial charge on any atom is 0.364 e. The Kier molecular flexibility index (Phi) is 15.3. The van der Waals surface area contributed by atoms with Crippen LogP contribution < -0.4 is 16.3 Å². The van der Waals surface area contributed by atoms with E-state index in [9.17, 15) is 52.3 Å². The number of aromatic nitrogens is 2. The SMILES string of the molecule is Cn1c(=O)n(C2CCC(=O)NC2=O)c2ccc(CN3CCN(C(=O)CO[C@@H]4CCN(C(=O)[C@@H](NC(=O)c5cc6c(F)c([C@H](F)P(=O)(O)O)ccc6s5)C(C)(C)C)[C@@H]4C(=O)N4CCO[C@H](c5ccccc5)C4)CC3)cc21. The molecule has 0 spiro atoms. The van der Waals surface area contributed by atoms with Gasteiger partial charge < -0.3 is 39.3 Å². The van der Waals surface area contributed by atoms with E-state index < -0.39 is 84.3 Å². The predicted molar refractivity (Wildman–Crippen MR) is 270 cm³/mol. The second kappa shape index (κ2) is 21.4. The minimum atomic E-state index is -5.35. The summed E-state index contributed by atoms with van der Waals surface area (Å²) in [5.41, 5.74) is 0.841. The number of carbonyl (C=O) groups is 6. The van der Waals surface area contributed by atoms with Gasteiger partial charge in [-0.1, -0.05) is 63.2 Å². The number of hydrogen-bond acceptors (Lipinski definition) is 12. The van der Waals surface area contributed by atoms with Crippen molar-refractivity contribution in [2.75, 3.05) is 59.0 Å². The highest BCUT2D eigenvalue weighted by atomic mass is 32.1. The van der Waals surface area contributed by atoms with Crippen LogP contribution in [-0.2, 0) is 51.6 Å². The van der Waals surface area contributed by atoms with Crippen LogP contribution in [0.3, 0.4) is 0 Å². The van der Waals surface area contributed by atoms with Crippen LogP contribution in [0.15, 0.2) is 71.5 Å². The first-order chi connectivity index (χ1) is 35.6. The Morgan fingerprint density at radius 2 is 1.67 bits per heavy atom. The highest BCUT2D eigenvalue weighted by Crippen LogP contribution is 2.54. The monoisotopic (exact) mass is 1080 g/mol. The van der Waals surface area contributed by atoms with E-state index in [1.807, 2.05) is 42.5 Å². The number of imidazole rings is 1. The summed E-state index contributed by atoms with van der Waals surface area (Å²) in [4.78, 5) is 121. The van der Waals surface area contributed by atoms with Gasteiger partial charge in [0.25, 0.3) is 5.91 Å².